The summed E-state index contributed by atoms with van der Waals surface area (Å²) in [5.74, 6) is -1.03. The highest BCUT2D eigenvalue weighted by atomic mass is 32.2. The number of rotatable bonds is 9. The van der Waals surface area contributed by atoms with Crippen LogP contribution in [0.3, 0.4) is 0 Å². The Morgan fingerprint density at radius 3 is 2.16 bits per heavy atom. The molecule has 0 aromatic heterocycles. The third kappa shape index (κ3) is 6.38. The van der Waals surface area contributed by atoms with Gasteiger partial charge >= 0.3 is 0 Å². The van der Waals surface area contributed by atoms with E-state index in [0.717, 1.165) is 23.0 Å². The Morgan fingerprint density at radius 1 is 0.946 bits per heavy atom. The van der Waals surface area contributed by atoms with Crippen molar-refractivity contribution in [3.05, 3.63) is 83.9 Å². The van der Waals surface area contributed by atoms with Crippen molar-refractivity contribution >= 4 is 21.4 Å². The second-order valence-electron chi connectivity index (χ2n) is 9.15. The molecule has 0 saturated carbocycles. The van der Waals surface area contributed by atoms with Gasteiger partial charge < -0.3 is 14.5 Å². The van der Waals surface area contributed by atoms with Crippen LogP contribution in [0.25, 0.3) is 0 Å². The van der Waals surface area contributed by atoms with Gasteiger partial charge in [-0.25, -0.2) is 21.9 Å². The zero-order valence-corrected chi connectivity index (χ0v) is 22.0. The fraction of sp³-hybridized carbons (Fsp3) is 0.333. The Morgan fingerprint density at radius 2 is 1.59 bits per heavy atom. The first-order chi connectivity index (χ1) is 17.7. The van der Waals surface area contributed by atoms with Gasteiger partial charge in [0.2, 0.25) is 10.0 Å². The average Bonchev–Trinajstić information content (AvgIpc) is 2.90. The Bertz CT molecular complexity index is 1290. The molecule has 1 heterocycles. The standard InChI is InChI=1S/C27H32F2N4O3S/c1-31(2)22-8-4-20(5-9-22)26(19-30-37(34,35)24-12-13-27(36-3)25(29)18-24)33-16-14-32(15-17-33)23-10-6-21(28)7-11-23/h4-13,18,26,30H,14-17,19H2,1-3H3. The molecule has 1 saturated heterocycles. The van der Waals surface area contributed by atoms with E-state index in [9.17, 15) is 17.2 Å². The van der Waals surface area contributed by atoms with E-state index in [1.165, 1.54) is 31.4 Å². The lowest BCUT2D eigenvalue weighted by molar-refractivity contribution is 0.187. The molecule has 3 aromatic rings. The molecule has 1 aliphatic heterocycles. The monoisotopic (exact) mass is 530 g/mol. The van der Waals surface area contributed by atoms with Gasteiger partial charge in [0.05, 0.1) is 12.0 Å². The number of sulfonamides is 1. The molecular formula is C27H32F2N4O3S. The van der Waals surface area contributed by atoms with Crippen molar-refractivity contribution in [2.45, 2.75) is 10.9 Å². The fourth-order valence-electron chi connectivity index (χ4n) is 4.48. The van der Waals surface area contributed by atoms with Crippen molar-refractivity contribution in [1.29, 1.82) is 0 Å². The minimum absolute atomic E-state index is 0.0168. The van der Waals surface area contributed by atoms with Gasteiger partial charge in [0, 0.05) is 64.2 Å². The highest BCUT2D eigenvalue weighted by Gasteiger charge is 2.27. The van der Waals surface area contributed by atoms with E-state index < -0.39 is 15.8 Å². The van der Waals surface area contributed by atoms with E-state index in [1.807, 2.05) is 43.3 Å². The number of nitrogens with zero attached hydrogens (tertiary/aromatic N) is 3. The summed E-state index contributed by atoms with van der Waals surface area (Å²) in [6.07, 6.45) is 0. The van der Waals surface area contributed by atoms with Gasteiger partial charge in [-0.2, -0.15) is 0 Å². The molecule has 1 N–H and O–H groups in total. The first-order valence-corrected chi connectivity index (χ1v) is 13.5. The summed E-state index contributed by atoms with van der Waals surface area (Å²) < 4.78 is 61.2. The van der Waals surface area contributed by atoms with E-state index in [2.05, 4.69) is 14.5 Å². The zero-order valence-electron chi connectivity index (χ0n) is 21.2. The average molecular weight is 531 g/mol. The smallest absolute Gasteiger partial charge is 0.240 e. The summed E-state index contributed by atoms with van der Waals surface area (Å²) in [5.41, 5.74) is 2.97. The Labute approximate surface area is 217 Å². The maximum atomic E-state index is 14.2. The van der Waals surface area contributed by atoms with E-state index in [1.54, 1.807) is 12.1 Å². The lowest BCUT2D eigenvalue weighted by atomic mass is 10.0. The normalized spacial score (nSPS) is 15.4. The summed E-state index contributed by atoms with van der Waals surface area (Å²) in [6, 6.07) is 17.8. The summed E-state index contributed by atoms with van der Waals surface area (Å²) in [5, 5.41) is 0. The predicted molar refractivity (Wildman–Crippen MR) is 142 cm³/mol. The summed E-state index contributed by atoms with van der Waals surface area (Å²) in [6.45, 7) is 2.93. The minimum Gasteiger partial charge on any atom is -0.494 e. The van der Waals surface area contributed by atoms with Gasteiger partial charge in [-0.3, -0.25) is 4.90 Å². The largest absolute Gasteiger partial charge is 0.494 e. The van der Waals surface area contributed by atoms with Gasteiger partial charge in [0.25, 0.3) is 0 Å². The Hall–Kier alpha value is -3.21. The molecule has 0 radical (unpaired) electrons. The molecule has 1 fully saturated rings. The van der Waals surface area contributed by atoms with Crippen LogP contribution in [-0.4, -0.2) is 67.2 Å². The van der Waals surface area contributed by atoms with Crippen molar-refractivity contribution < 1.29 is 21.9 Å². The molecule has 4 rings (SSSR count). The molecular weight excluding hydrogens is 498 g/mol. The molecule has 3 aromatic carbocycles. The van der Waals surface area contributed by atoms with Gasteiger partial charge in [0.15, 0.2) is 11.6 Å². The molecule has 7 nitrogen and oxygen atoms in total. The number of piperazine rings is 1. The van der Waals surface area contributed by atoms with Crippen LogP contribution in [0.15, 0.2) is 71.6 Å². The number of hydrogen-bond acceptors (Lipinski definition) is 6. The lowest BCUT2D eigenvalue weighted by Gasteiger charge is -2.40. The number of benzene rings is 3. The summed E-state index contributed by atoms with van der Waals surface area (Å²) in [4.78, 5) is 6.27. The first kappa shape index (κ1) is 26.8. The fourth-order valence-corrected chi connectivity index (χ4v) is 5.53. The molecule has 198 valence electrons. The third-order valence-electron chi connectivity index (χ3n) is 6.64. The topological polar surface area (TPSA) is 65.1 Å². The van der Waals surface area contributed by atoms with Crippen LogP contribution in [0.2, 0.25) is 0 Å². The molecule has 1 aliphatic rings. The summed E-state index contributed by atoms with van der Waals surface area (Å²) >= 11 is 0. The van der Waals surface area contributed by atoms with Crippen LogP contribution in [-0.2, 0) is 10.0 Å². The minimum atomic E-state index is -3.96. The van der Waals surface area contributed by atoms with Crippen molar-refractivity contribution in [3.63, 3.8) is 0 Å². The van der Waals surface area contributed by atoms with Crippen LogP contribution in [0, 0.1) is 11.6 Å². The van der Waals surface area contributed by atoms with Crippen LogP contribution in [0.5, 0.6) is 5.75 Å². The van der Waals surface area contributed by atoms with Gasteiger partial charge in [0.1, 0.15) is 5.82 Å². The van der Waals surface area contributed by atoms with Crippen LogP contribution < -0.4 is 19.3 Å². The second-order valence-corrected chi connectivity index (χ2v) is 10.9. The maximum absolute atomic E-state index is 14.2. The molecule has 10 heteroatoms. The van der Waals surface area contributed by atoms with Crippen LogP contribution in [0.1, 0.15) is 11.6 Å². The quantitative estimate of drug-likeness (QED) is 0.453. The molecule has 37 heavy (non-hydrogen) atoms. The van der Waals surface area contributed by atoms with Crippen molar-refractivity contribution in [2.75, 3.05) is 63.7 Å². The van der Waals surface area contributed by atoms with Gasteiger partial charge in [-0.1, -0.05) is 12.1 Å². The molecule has 0 aliphatic carbocycles. The van der Waals surface area contributed by atoms with E-state index in [0.29, 0.717) is 26.2 Å². The van der Waals surface area contributed by atoms with Gasteiger partial charge in [-0.05, 0) is 60.2 Å². The number of anilines is 2. The highest BCUT2D eigenvalue weighted by Crippen LogP contribution is 2.27. The summed E-state index contributed by atoms with van der Waals surface area (Å²) in [7, 11) is 1.29. The highest BCUT2D eigenvalue weighted by molar-refractivity contribution is 7.89. The van der Waals surface area contributed by atoms with Crippen LogP contribution >= 0.6 is 0 Å². The third-order valence-corrected chi connectivity index (χ3v) is 8.06. The first-order valence-electron chi connectivity index (χ1n) is 12.0. The number of halogens is 2. The lowest BCUT2D eigenvalue weighted by Crippen LogP contribution is -2.49. The number of nitrogens with one attached hydrogen (secondary N) is 1. The zero-order chi connectivity index (χ0) is 26.6. The predicted octanol–water partition coefficient (Wildman–Crippen LogP) is 3.88. The Balaban J connectivity index is 1.52. The van der Waals surface area contributed by atoms with Gasteiger partial charge in [-0.15, -0.1) is 0 Å². The number of hydrogen-bond donors (Lipinski definition) is 1. The number of ether oxygens (including phenoxy) is 1. The van der Waals surface area contributed by atoms with Crippen molar-refractivity contribution in [3.8, 4) is 5.75 Å². The van der Waals surface area contributed by atoms with Crippen LogP contribution in [0.4, 0.5) is 20.2 Å². The van der Waals surface area contributed by atoms with Crippen molar-refractivity contribution in [1.82, 2.24) is 9.62 Å². The van der Waals surface area contributed by atoms with E-state index in [-0.39, 0.29) is 29.0 Å². The molecule has 0 spiro atoms. The second kappa shape index (κ2) is 11.5. The molecule has 0 bridgehead atoms. The molecule has 1 atom stereocenters. The van der Waals surface area contributed by atoms with E-state index in [4.69, 9.17) is 4.74 Å². The molecule has 0 amide bonds. The number of methoxy groups -OCH3 is 1. The molecule has 1 unspecified atom stereocenters. The van der Waals surface area contributed by atoms with Crippen molar-refractivity contribution in [2.24, 2.45) is 0 Å². The van der Waals surface area contributed by atoms with E-state index >= 15 is 0 Å². The maximum Gasteiger partial charge on any atom is 0.240 e. The Kier molecular flexibility index (Phi) is 8.31. The SMILES string of the molecule is COc1ccc(S(=O)(=O)NCC(c2ccc(N(C)C)cc2)N2CCN(c3ccc(F)cc3)CC2)cc1F.